The van der Waals surface area contributed by atoms with Gasteiger partial charge in [0, 0.05) is 11.3 Å². The normalized spacial score (nSPS) is 17.8. The van der Waals surface area contributed by atoms with Gasteiger partial charge in [0.05, 0.1) is 5.70 Å². The quantitative estimate of drug-likeness (QED) is 0.528. The Bertz CT molecular complexity index is 973. The topological polar surface area (TPSA) is 25.2 Å². The van der Waals surface area contributed by atoms with E-state index in [0.29, 0.717) is 3.63 Å². The molecule has 27 heavy (non-hydrogen) atoms. The summed E-state index contributed by atoms with van der Waals surface area (Å²) in [6.07, 6.45) is 12.4. The van der Waals surface area contributed by atoms with Gasteiger partial charge in [-0.15, -0.1) is 0 Å². The molecule has 0 saturated heterocycles. The Morgan fingerprint density at radius 2 is 1.74 bits per heavy atom. The molecular formula is C22H17Cl2N2Zr. The maximum atomic E-state index is 4.44. The average Bonchev–Trinajstić information content (AvgIpc) is 3.30. The van der Waals surface area contributed by atoms with Crippen molar-refractivity contribution in [3.05, 3.63) is 101 Å². The third kappa shape index (κ3) is 4.66. The van der Waals surface area contributed by atoms with E-state index >= 15 is 0 Å². The molecule has 3 aliphatic rings. The standard InChI is InChI=1S/C14H10N.C8H7N.2ClH.Zr/c1-2-6-12-10-13(9-11(12)5-1)14-7-3-4-8-15-14;1-6-5-7-3-2-4-8(7)9-6;;;/h1-10H;2-5H,1H3;2*1H;/q;;;;+2/p-2. The zero-order valence-electron chi connectivity index (χ0n) is 14.7. The fourth-order valence-electron chi connectivity index (χ4n) is 3.17. The van der Waals surface area contributed by atoms with E-state index in [1.165, 1.54) is 47.0 Å². The molecule has 1 aromatic heterocycles. The van der Waals surface area contributed by atoms with Crippen LogP contribution in [0.15, 0.2) is 89.2 Å². The summed E-state index contributed by atoms with van der Waals surface area (Å²) in [7, 11) is 0. The van der Waals surface area contributed by atoms with Gasteiger partial charge in [0.25, 0.3) is 0 Å². The van der Waals surface area contributed by atoms with Crippen molar-refractivity contribution in [2.75, 3.05) is 0 Å². The van der Waals surface area contributed by atoms with Gasteiger partial charge in [-0.05, 0) is 19.1 Å². The molecular weight excluding hydrogens is 454 g/mol. The molecule has 2 nitrogen and oxygen atoms in total. The van der Waals surface area contributed by atoms with Crippen molar-refractivity contribution in [3.63, 3.8) is 0 Å². The Hall–Kier alpha value is -1.54. The third-order valence-electron chi connectivity index (χ3n) is 4.38. The molecule has 1 aliphatic heterocycles. The Labute approximate surface area is 187 Å². The first-order chi connectivity index (χ1) is 12.2. The van der Waals surface area contributed by atoms with Crippen LogP contribution in [0.4, 0.5) is 0 Å². The molecule has 2 aromatic rings. The van der Waals surface area contributed by atoms with Crippen LogP contribution in [0, 0.1) is 0 Å². The van der Waals surface area contributed by atoms with Crippen LogP contribution in [-0.2, 0) is 24.7 Å². The number of fused-ring (bicyclic) bond motifs is 2. The van der Waals surface area contributed by atoms with Crippen molar-refractivity contribution >= 4 is 17.4 Å². The summed E-state index contributed by atoms with van der Waals surface area (Å²) in [6, 6.07) is 14.7. The van der Waals surface area contributed by atoms with Gasteiger partial charge >= 0.3 is 110 Å². The number of hydrogen-bond donors (Lipinski definition) is 0. The van der Waals surface area contributed by atoms with E-state index in [1.807, 2.05) is 31.3 Å². The third-order valence-corrected chi connectivity index (χ3v) is 5.91. The molecule has 5 rings (SSSR count). The first-order valence-electron chi connectivity index (χ1n) is 8.31. The van der Waals surface area contributed by atoms with Gasteiger partial charge in [-0.1, -0.05) is 12.2 Å². The molecule has 133 valence electrons. The molecule has 1 atom stereocenters. The van der Waals surface area contributed by atoms with Crippen molar-refractivity contribution < 1.29 is 49.5 Å². The SMILES string of the molecule is CC1=NC2=CC=CC2=C1.[Cl-].[Cl-].[Zr+2][CH]1C(c2ccccn2)=Cc2ccccc21. The summed E-state index contributed by atoms with van der Waals surface area (Å²) < 4.78 is 0.540. The number of nitrogens with zero attached hydrogens (tertiary/aromatic N) is 2. The van der Waals surface area contributed by atoms with Crippen molar-refractivity contribution in [1.82, 2.24) is 4.98 Å². The Morgan fingerprint density at radius 1 is 0.963 bits per heavy atom. The van der Waals surface area contributed by atoms with E-state index in [0.717, 1.165) is 17.1 Å². The molecule has 0 bridgehead atoms. The number of aromatic nitrogens is 1. The Kier molecular flexibility index (Phi) is 7.73. The number of aliphatic imine (C=N–C) groups is 1. The van der Waals surface area contributed by atoms with E-state index in [2.05, 4.69) is 64.6 Å². The molecule has 1 aromatic carbocycles. The fraction of sp³-hybridized carbons (Fsp3) is 0.0909. The summed E-state index contributed by atoms with van der Waals surface area (Å²) in [5.41, 5.74) is 8.76. The molecule has 2 heterocycles. The molecule has 2 aliphatic carbocycles. The minimum atomic E-state index is 0. The van der Waals surface area contributed by atoms with Gasteiger partial charge < -0.3 is 24.8 Å². The number of pyridine rings is 1. The molecule has 0 saturated carbocycles. The van der Waals surface area contributed by atoms with Crippen LogP contribution < -0.4 is 24.8 Å². The second kappa shape index (κ2) is 9.60. The summed E-state index contributed by atoms with van der Waals surface area (Å²) in [5.74, 6) is 0. The van der Waals surface area contributed by atoms with Gasteiger partial charge in [-0.25, -0.2) is 0 Å². The van der Waals surface area contributed by atoms with Crippen LogP contribution >= 0.6 is 0 Å². The van der Waals surface area contributed by atoms with Crippen LogP contribution in [0.25, 0.3) is 11.6 Å². The van der Waals surface area contributed by atoms with E-state index in [4.69, 9.17) is 0 Å². The van der Waals surface area contributed by atoms with Gasteiger partial charge in [-0.3, -0.25) is 4.99 Å². The molecule has 5 heteroatoms. The summed E-state index contributed by atoms with van der Waals surface area (Å²) in [4.78, 5) is 8.71. The molecule has 0 spiro atoms. The van der Waals surface area contributed by atoms with Crippen LogP contribution in [0.5, 0.6) is 0 Å². The van der Waals surface area contributed by atoms with E-state index in [-0.39, 0.29) is 24.8 Å². The number of allylic oxidation sites excluding steroid dienone is 5. The van der Waals surface area contributed by atoms with Crippen LogP contribution in [0.1, 0.15) is 27.4 Å². The molecule has 1 unspecified atom stereocenters. The average molecular weight is 472 g/mol. The van der Waals surface area contributed by atoms with Crippen LogP contribution in [-0.4, -0.2) is 10.7 Å². The van der Waals surface area contributed by atoms with Crippen molar-refractivity contribution in [3.8, 4) is 0 Å². The van der Waals surface area contributed by atoms with Gasteiger partial charge in [0.15, 0.2) is 0 Å². The number of benzene rings is 1. The molecule has 0 amide bonds. The maximum absolute atomic E-state index is 4.44. The first-order valence-corrected chi connectivity index (χ1v) is 9.73. The Morgan fingerprint density at radius 3 is 2.44 bits per heavy atom. The second-order valence-corrected chi connectivity index (χ2v) is 7.56. The minimum absolute atomic E-state index is 0. The van der Waals surface area contributed by atoms with Crippen LogP contribution in [0.2, 0.25) is 0 Å². The summed E-state index contributed by atoms with van der Waals surface area (Å²) >= 11 is 1.53. The zero-order valence-corrected chi connectivity index (χ0v) is 18.7. The van der Waals surface area contributed by atoms with Crippen LogP contribution in [0.3, 0.4) is 0 Å². The van der Waals surface area contributed by atoms with Gasteiger partial charge in [0.2, 0.25) is 0 Å². The van der Waals surface area contributed by atoms with Crippen molar-refractivity contribution in [2.45, 2.75) is 10.5 Å². The number of rotatable bonds is 1. The van der Waals surface area contributed by atoms with Crippen molar-refractivity contribution in [1.29, 1.82) is 0 Å². The summed E-state index contributed by atoms with van der Waals surface area (Å²) in [5, 5.41) is 0. The number of hydrogen-bond acceptors (Lipinski definition) is 2. The van der Waals surface area contributed by atoms with Gasteiger partial charge in [0.1, 0.15) is 0 Å². The Balaban J connectivity index is 0.000000205. The molecule has 0 radical (unpaired) electrons. The molecule has 0 N–H and O–H groups in total. The monoisotopic (exact) mass is 469 g/mol. The van der Waals surface area contributed by atoms with Gasteiger partial charge in [-0.2, -0.15) is 0 Å². The molecule has 0 fully saturated rings. The van der Waals surface area contributed by atoms with Crippen molar-refractivity contribution in [2.24, 2.45) is 4.99 Å². The van der Waals surface area contributed by atoms with E-state index in [1.54, 1.807) is 0 Å². The van der Waals surface area contributed by atoms with E-state index in [9.17, 15) is 0 Å². The predicted octanol–water partition coefficient (Wildman–Crippen LogP) is -0.927. The predicted molar refractivity (Wildman–Crippen MR) is 99.7 cm³/mol. The zero-order chi connectivity index (χ0) is 17.2. The fourth-order valence-corrected chi connectivity index (χ4v) is 4.39. The summed E-state index contributed by atoms with van der Waals surface area (Å²) in [6.45, 7) is 2.01. The number of halogens is 2. The second-order valence-electron chi connectivity index (χ2n) is 6.14. The van der Waals surface area contributed by atoms with E-state index < -0.39 is 0 Å². The first kappa shape index (κ1) is 21.8.